The SMILES string of the molecule is NC(Cc1ccc(O)cc1CC=C=O)C(=O)O. The third-order valence-electron chi connectivity index (χ3n) is 2.35. The van der Waals surface area contributed by atoms with Crippen molar-refractivity contribution >= 4 is 11.9 Å². The molecule has 5 nitrogen and oxygen atoms in total. The van der Waals surface area contributed by atoms with E-state index >= 15 is 0 Å². The van der Waals surface area contributed by atoms with Gasteiger partial charge in [-0.1, -0.05) is 6.07 Å². The van der Waals surface area contributed by atoms with Gasteiger partial charge < -0.3 is 15.9 Å². The molecule has 5 heteroatoms. The van der Waals surface area contributed by atoms with Gasteiger partial charge in [0.1, 0.15) is 17.7 Å². The summed E-state index contributed by atoms with van der Waals surface area (Å²) in [6.45, 7) is 0. The second-order valence-electron chi connectivity index (χ2n) is 3.63. The second kappa shape index (κ2) is 5.84. The fraction of sp³-hybridized carbons (Fsp3) is 0.250. The number of phenolic OH excluding ortho intramolecular Hbond substituents is 1. The van der Waals surface area contributed by atoms with Gasteiger partial charge in [-0.25, -0.2) is 4.79 Å². The van der Waals surface area contributed by atoms with Crippen LogP contribution in [0, 0.1) is 0 Å². The van der Waals surface area contributed by atoms with Crippen LogP contribution in [0.25, 0.3) is 0 Å². The lowest BCUT2D eigenvalue weighted by Gasteiger charge is -2.11. The lowest BCUT2D eigenvalue weighted by atomic mass is 9.98. The van der Waals surface area contributed by atoms with Crippen LogP contribution in [0.2, 0.25) is 0 Å². The maximum Gasteiger partial charge on any atom is 0.320 e. The minimum Gasteiger partial charge on any atom is -0.508 e. The molecular weight excluding hydrogens is 222 g/mol. The maximum absolute atomic E-state index is 10.7. The van der Waals surface area contributed by atoms with Crippen LogP contribution >= 0.6 is 0 Å². The van der Waals surface area contributed by atoms with Gasteiger partial charge in [0.25, 0.3) is 0 Å². The molecule has 4 N–H and O–H groups in total. The third-order valence-corrected chi connectivity index (χ3v) is 2.35. The second-order valence-corrected chi connectivity index (χ2v) is 3.63. The predicted octanol–water partition coefficient (Wildman–Crippen LogP) is 0.277. The lowest BCUT2D eigenvalue weighted by molar-refractivity contribution is -0.138. The number of carbonyl (C=O) groups is 1. The topological polar surface area (TPSA) is 101 Å². The number of carboxylic acids is 1. The van der Waals surface area contributed by atoms with Crippen LogP contribution in [0.15, 0.2) is 24.3 Å². The van der Waals surface area contributed by atoms with Crippen LogP contribution in [0.4, 0.5) is 0 Å². The van der Waals surface area contributed by atoms with Crippen LogP contribution in [0.1, 0.15) is 11.1 Å². The van der Waals surface area contributed by atoms with Gasteiger partial charge in [-0.05, 0) is 29.7 Å². The number of benzene rings is 1. The van der Waals surface area contributed by atoms with Gasteiger partial charge >= 0.3 is 5.97 Å². The first kappa shape index (κ1) is 13.0. The molecule has 0 radical (unpaired) electrons. The maximum atomic E-state index is 10.7. The number of allylic oxidation sites excluding steroid dienone is 1. The molecule has 90 valence electrons. The monoisotopic (exact) mass is 235 g/mol. The van der Waals surface area contributed by atoms with Crippen molar-refractivity contribution < 1.29 is 19.8 Å². The molecule has 17 heavy (non-hydrogen) atoms. The number of rotatable bonds is 5. The molecule has 1 atom stereocenters. The molecule has 1 aromatic rings. The van der Waals surface area contributed by atoms with Gasteiger partial charge in [-0.3, -0.25) is 4.79 Å². The van der Waals surface area contributed by atoms with E-state index in [1.165, 1.54) is 18.2 Å². The summed E-state index contributed by atoms with van der Waals surface area (Å²) in [5.74, 6) is 0.609. The van der Waals surface area contributed by atoms with Crippen molar-refractivity contribution in [2.45, 2.75) is 18.9 Å². The molecule has 0 heterocycles. The zero-order valence-electron chi connectivity index (χ0n) is 9.09. The normalized spacial score (nSPS) is 11.6. The number of phenols is 1. The van der Waals surface area contributed by atoms with Gasteiger partial charge in [-0.2, -0.15) is 0 Å². The molecule has 0 aliphatic rings. The summed E-state index contributed by atoms with van der Waals surface area (Å²) in [6, 6.07) is 3.54. The van der Waals surface area contributed by atoms with Gasteiger partial charge in [-0.15, -0.1) is 0 Å². The third kappa shape index (κ3) is 3.75. The van der Waals surface area contributed by atoms with Crippen LogP contribution in [0.5, 0.6) is 5.75 Å². The van der Waals surface area contributed by atoms with E-state index in [1.54, 1.807) is 12.0 Å². The molecule has 1 aromatic carbocycles. The molecule has 0 aliphatic heterocycles. The van der Waals surface area contributed by atoms with E-state index in [0.717, 1.165) is 0 Å². The van der Waals surface area contributed by atoms with E-state index in [4.69, 9.17) is 10.8 Å². The Morgan fingerprint density at radius 2 is 2.18 bits per heavy atom. The Morgan fingerprint density at radius 1 is 1.47 bits per heavy atom. The number of hydrogen-bond acceptors (Lipinski definition) is 4. The van der Waals surface area contributed by atoms with Crippen LogP contribution in [-0.4, -0.2) is 28.2 Å². The van der Waals surface area contributed by atoms with E-state index in [1.807, 2.05) is 0 Å². The van der Waals surface area contributed by atoms with Crippen LogP contribution < -0.4 is 5.73 Å². The molecule has 0 saturated heterocycles. The fourth-order valence-electron chi connectivity index (χ4n) is 1.48. The molecule has 1 rings (SSSR count). The van der Waals surface area contributed by atoms with Crippen molar-refractivity contribution in [3.63, 3.8) is 0 Å². The highest BCUT2D eigenvalue weighted by Crippen LogP contribution is 2.18. The molecule has 0 saturated carbocycles. The molecular formula is C12H13NO4. The summed E-state index contributed by atoms with van der Waals surface area (Å²) >= 11 is 0. The summed E-state index contributed by atoms with van der Waals surface area (Å²) in [5.41, 5.74) is 6.80. The largest absolute Gasteiger partial charge is 0.508 e. The van der Waals surface area contributed by atoms with Crippen LogP contribution in [0.3, 0.4) is 0 Å². The molecule has 1 unspecified atom stereocenters. The highest BCUT2D eigenvalue weighted by molar-refractivity contribution is 5.73. The van der Waals surface area contributed by atoms with Gasteiger partial charge in [0, 0.05) is 12.5 Å². The van der Waals surface area contributed by atoms with E-state index in [9.17, 15) is 14.7 Å². The van der Waals surface area contributed by atoms with Crippen LogP contribution in [-0.2, 0) is 22.4 Å². The smallest absolute Gasteiger partial charge is 0.320 e. The van der Waals surface area contributed by atoms with Crippen molar-refractivity contribution in [3.8, 4) is 5.75 Å². The molecule has 0 spiro atoms. The number of carbonyl (C=O) groups excluding carboxylic acids is 1. The number of aliphatic carboxylic acids is 1. The Balaban J connectivity index is 2.96. The highest BCUT2D eigenvalue weighted by atomic mass is 16.4. The minimum absolute atomic E-state index is 0.0620. The van der Waals surface area contributed by atoms with Gasteiger partial charge in [0.2, 0.25) is 0 Å². The van der Waals surface area contributed by atoms with Crippen molar-refractivity contribution in [2.24, 2.45) is 5.73 Å². The van der Waals surface area contributed by atoms with Crippen molar-refractivity contribution in [1.29, 1.82) is 0 Å². The lowest BCUT2D eigenvalue weighted by Crippen LogP contribution is -2.32. The average molecular weight is 235 g/mol. The van der Waals surface area contributed by atoms with E-state index < -0.39 is 12.0 Å². The Bertz CT molecular complexity index is 464. The molecule has 0 fully saturated rings. The van der Waals surface area contributed by atoms with Crippen molar-refractivity contribution in [3.05, 3.63) is 35.4 Å². The highest BCUT2D eigenvalue weighted by Gasteiger charge is 2.14. The number of aromatic hydroxyl groups is 1. The first-order valence-electron chi connectivity index (χ1n) is 5.03. The summed E-state index contributed by atoms with van der Waals surface area (Å²) in [4.78, 5) is 20.8. The predicted molar refractivity (Wildman–Crippen MR) is 61.4 cm³/mol. The summed E-state index contributed by atoms with van der Waals surface area (Å²) < 4.78 is 0. The Labute approximate surface area is 98.2 Å². The van der Waals surface area contributed by atoms with E-state index in [0.29, 0.717) is 17.5 Å². The summed E-state index contributed by atoms with van der Waals surface area (Å²) in [6.07, 6.45) is 1.71. The molecule has 0 aromatic heterocycles. The average Bonchev–Trinajstić information content (AvgIpc) is 2.29. The van der Waals surface area contributed by atoms with E-state index in [2.05, 4.69) is 0 Å². The first-order valence-corrected chi connectivity index (χ1v) is 5.03. The molecule has 0 bridgehead atoms. The quantitative estimate of drug-likeness (QED) is 0.636. The molecule has 0 aliphatic carbocycles. The Morgan fingerprint density at radius 3 is 2.76 bits per heavy atom. The minimum atomic E-state index is -1.09. The van der Waals surface area contributed by atoms with Gasteiger partial charge in [0.15, 0.2) is 0 Å². The summed E-state index contributed by atoms with van der Waals surface area (Å²) in [5, 5.41) is 18.0. The Kier molecular flexibility index (Phi) is 4.46. The fourth-order valence-corrected chi connectivity index (χ4v) is 1.48. The van der Waals surface area contributed by atoms with Crippen molar-refractivity contribution in [1.82, 2.24) is 0 Å². The standard InChI is InChI=1S/C12H13NO4/c13-11(12(16)17)7-9-3-4-10(15)6-8(9)2-1-5-14/h1,3-4,6,11,15H,2,7,13H2,(H,16,17). The van der Waals surface area contributed by atoms with E-state index in [-0.39, 0.29) is 12.2 Å². The zero-order valence-corrected chi connectivity index (χ0v) is 9.09. The zero-order chi connectivity index (χ0) is 12.8. The summed E-state index contributed by atoms with van der Waals surface area (Å²) in [7, 11) is 0. The molecule has 0 amide bonds. The van der Waals surface area contributed by atoms with Crippen molar-refractivity contribution in [2.75, 3.05) is 0 Å². The number of carboxylic acid groups (broad SMARTS) is 1. The number of nitrogens with two attached hydrogens (primary N) is 1. The number of hydrogen-bond donors (Lipinski definition) is 3. The first-order chi connectivity index (χ1) is 8.04. The Hall–Kier alpha value is -2.10. The van der Waals surface area contributed by atoms with Gasteiger partial charge in [0.05, 0.1) is 0 Å².